The summed E-state index contributed by atoms with van der Waals surface area (Å²) in [5, 5.41) is 9.03. The monoisotopic (exact) mass is 316 g/mol. The molecule has 1 atom stereocenters. The molecule has 1 N–H and O–H groups in total. The van der Waals surface area contributed by atoms with Gasteiger partial charge in [-0.15, -0.1) is 0 Å². The summed E-state index contributed by atoms with van der Waals surface area (Å²) >= 11 is 0. The van der Waals surface area contributed by atoms with Gasteiger partial charge in [0, 0.05) is 33.1 Å². The molecule has 0 saturated carbocycles. The average molecular weight is 316 g/mol. The van der Waals surface area contributed by atoms with Gasteiger partial charge in [0.15, 0.2) is 0 Å². The number of hydrogen-bond acceptors (Lipinski definition) is 3. The number of piperazine rings is 1. The van der Waals surface area contributed by atoms with Crippen LogP contribution in [0.2, 0.25) is 0 Å². The quantitative estimate of drug-likeness (QED) is 0.926. The molecule has 0 bridgehead atoms. The first-order chi connectivity index (χ1) is 10.3. The Kier molecular flexibility index (Phi) is 5.08. The predicted octanol–water partition coefficient (Wildman–Crippen LogP) is 1.90. The molecule has 0 aliphatic carbocycles. The first-order valence-electron chi connectivity index (χ1n) is 7.10. The van der Waals surface area contributed by atoms with Gasteiger partial charge in [0.25, 0.3) is 0 Å². The van der Waals surface area contributed by atoms with E-state index in [4.69, 9.17) is 5.11 Å². The molecule has 1 saturated heterocycles. The number of aliphatic hydroxyl groups is 1. The molecule has 1 aromatic carbocycles. The molecule has 1 fully saturated rings. The molecular weight excluding hydrogens is 297 g/mol. The van der Waals surface area contributed by atoms with Crippen LogP contribution in [0.1, 0.15) is 24.1 Å². The van der Waals surface area contributed by atoms with Gasteiger partial charge in [-0.2, -0.15) is 13.2 Å². The van der Waals surface area contributed by atoms with Gasteiger partial charge in [-0.25, -0.2) is 0 Å². The summed E-state index contributed by atoms with van der Waals surface area (Å²) in [5.41, 5.74) is -0.0283. The van der Waals surface area contributed by atoms with Gasteiger partial charge in [0.2, 0.25) is 5.91 Å². The van der Waals surface area contributed by atoms with Crippen LogP contribution in [0.5, 0.6) is 0 Å². The third kappa shape index (κ3) is 3.78. The molecule has 1 aliphatic heterocycles. The number of amides is 1. The number of aliphatic hydroxyl groups excluding tert-OH is 1. The van der Waals surface area contributed by atoms with Crippen molar-refractivity contribution in [2.75, 3.05) is 32.8 Å². The fourth-order valence-electron chi connectivity index (χ4n) is 2.74. The van der Waals surface area contributed by atoms with Crippen LogP contribution in [0.15, 0.2) is 24.3 Å². The zero-order chi connectivity index (χ0) is 16.3. The lowest BCUT2D eigenvalue weighted by Gasteiger charge is -2.41. The van der Waals surface area contributed by atoms with Crippen LogP contribution in [0.25, 0.3) is 0 Å². The predicted molar refractivity (Wildman–Crippen MR) is 75.1 cm³/mol. The number of nitrogens with zero attached hydrogens (tertiary/aromatic N) is 2. The Hall–Kier alpha value is -1.60. The van der Waals surface area contributed by atoms with Crippen molar-refractivity contribution >= 4 is 5.91 Å². The lowest BCUT2D eigenvalue weighted by Crippen LogP contribution is -2.50. The van der Waals surface area contributed by atoms with E-state index in [9.17, 15) is 18.0 Å². The Balaban J connectivity index is 2.23. The smallest absolute Gasteiger partial charge is 0.395 e. The van der Waals surface area contributed by atoms with E-state index in [0.717, 1.165) is 12.1 Å². The molecule has 22 heavy (non-hydrogen) atoms. The van der Waals surface area contributed by atoms with Gasteiger partial charge in [0.05, 0.1) is 18.2 Å². The average Bonchev–Trinajstić information content (AvgIpc) is 2.46. The van der Waals surface area contributed by atoms with E-state index in [-0.39, 0.29) is 18.6 Å². The van der Waals surface area contributed by atoms with Crippen molar-refractivity contribution in [3.8, 4) is 0 Å². The van der Waals surface area contributed by atoms with Crippen LogP contribution in [0.4, 0.5) is 13.2 Å². The molecule has 0 radical (unpaired) electrons. The summed E-state index contributed by atoms with van der Waals surface area (Å²) < 4.78 is 37.9. The zero-order valence-corrected chi connectivity index (χ0v) is 12.3. The Labute approximate surface area is 127 Å². The molecule has 1 aromatic rings. The second-order valence-corrected chi connectivity index (χ2v) is 5.37. The van der Waals surface area contributed by atoms with Crippen molar-refractivity contribution in [1.29, 1.82) is 0 Å². The van der Waals surface area contributed by atoms with Gasteiger partial charge in [-0.3, -0.25) is 9.69 Å². The van der Waals surface area contributed by atoms with E-state index in [0.29, 0.717) is 31.7 Å². The third-order valence-electron chi connectivity index (χ3n) is 3.91. The highest BCUT2D eigenvalue weighted by Gasteiger charge is 2.32. The maximum absolute atomic E-state index is 12.6. The molecule has 0 aromatic heterocycles. The highest BCUT2D eigenvalue weighted by atomic mass is 19.4. The van der Waals surface area contributed by atoms with Crippen LogP contribution in [-0.4, -0.2) is 53.6 Å². The van der Waals surface area contributed by atoms with Crippen molar-refractivity contribution < 1.29 is 23.1 Å². The van der Waals surface area contributed by atoms with E-state index in [2.05, 4.69) is 0 Å². The Morgan fingerprint density at radius 3 is 2.41 bits per heavy atom. The second kappa shape index (κ2) is 6.66. The summed E-state index contributed by atoms with van der Waals surface area (Å²) in [5.74, 6) is -0.103. The maximum Gasteiger partial charge on any atom is 0.416 e. The normalized spacial score (nSPS) is 20.2. The molecule has 2 rings (SSSR count). The van der Waals surface area contributed by atoms with E-state index < -0.39 is 11.7 Å². The molecule has 1 heterocycles. The molecule has 1 unspecified atom stereocenters. The minimum atomic E-state index is -4.37. The number of rotatable bonds is 3. The highest BCUT2D eigenvalue weighted by Crippen LogP contribution is 2.31. The molecule has 4 nitrogen and oxygen atoms in total. The van der Waals surface area contributed by atoms with Crippen LogP contribution in [0, 0.1) is 0 Å². The lowest BCUT2D eigenvalue weighted by atomic mass is 10.0. The highest BCUT2D eigenvalue weighted by molar-refractivity contribution is 5.74. The van der Waals surface area contributed by atoms with Crippen LogP contribution in [-0.2, 0) is 11.0 Å². The number of β-amino-alcohol motifs (C(OH)–C–C–N with tert-alkyl or cyclic N) is 1. The maximum atomic E-state index is 12.6. The third-order valence-corrected chi connectivity index (χ3v) is 3.91. The van der Waals surface area contributed by atoms with Gasteiger partial charge in [0.1, 0.15) is 0 Å². The van der Waals surface area contributed by atoms with Gasteiger partial charge < -0.3 is 10.0 Å². The zero-order valence-electron chi connectivity index (χ0n) is 12.3. The van der Waals surface area contributed by atoms with Crippen molar-refractivity contribution in [1.82, 2.24) is 9.80 Å². The van der Waals surface area contributed by atoms with Crippen molar-refractivity contribution in [3.05, 3.63) is 35.4 Å². The van der Waals surface area contributed by atoms with Crippen molar-refractivity contribution in [2.45, 2.75) is 19.1 Å². The standard InChI is InChI=1S/C15H19F3N2O2/c1-11(22)20-7-6-19(8-9-21)10-14(20)12-2-4-13(5-3-12)15(16,17)18/h2-5,14,21H,6-10H2,1H3. The van der Waals surface area contributed by atoms with E-state index >= 15 is 0 Å². The number of halogens is 3. The van der Waals surface area contributed by atoms with Gasteiger partial charge >= 0.3 is 6.18 Å². The largest absolute Gasteiger partial charge is 0.416 e. The van der Waals surface area contributed by atoms with Crippen LogP contribution in [0.3, 0.4) is 0 Å². The molecule has 1 aliphatic rings. The SMILES string of the molecule is CC(=O)N1CCN(CCO)CC1c1ccc(C(F)(F)F)cc1. The fraction of sp³-hybridized carbons (Fsp3) is 0.533. The number of carbonyl (C=O) groups is 1. The Morgan fingerprint density at radius 1 is 1.27 bits per heavy atom. The Morgan fingerprint density at radius 2 is 1.91 bits per heavy atom. The van der Waals surface area contributed by atoms with Crippen LogP contribution < -0.4 is 0 Å². The first kappa shape index (κ1) is 16.8. The van der Waals surface area contributed by atoms with Crippen molar-refractivity contribution in [2.24, 2.45) is 0 Å². The topological polar surface area (TPSA) is 43.8 Å². The molecular formula is C15H19F3N2O2. The molecule has 0 spiro atoms. The van der Waals surface area contributed by atoms with Crippen molar-refractivity contribution in [3.63, 3.8) is 0 Å². The van der Waals surface area contributed by atoms with E-state index in [1.807, 2.05) is 4.90 Å². The summed E-state index contributed by atoms with van der Waals surface area (Å²) in [6, 6.07) is 4.63. The summed E-state index contributed by atoms with van der Waals surface area (Å²) in [4.78, 5) is 15.4. The summed E-state index contributed by atoms with van der Waals surface area (Å²) in [6.07, 6.45) is -4.37. The van der Waals surface area contributed by atoms with Gasteiger partial charge in [-0.05, 0) is 17.7 Å². The summed E-state index contributed by atoms with van der Waals surface area (Å²) in [7, 11) is 0. The van der Waals surface area contributed by atoms with E-state index in [1.54, 1.807) is 4.90 Å². The number of carbonyl (C=O) groups excluding carboxylic acids is 1. The first-order valence-corrected chi connectivity index (χ1v) is 7.10. The summed E-state index contributed by atoms with van der Waals surface area (Å²) in [6.45, 7) is 3.62. The minimum absolute atomic E-state index is 0.0137. The molecule has 1 amide bonds. The Bertz CT molecular complexity index is 517. The second-order valence-electron chi connectivity index (χ2n) is 5.37. The fourth-order valence-corrected chi connectivity index (χ4v) is 2.74. The lowest BCUT2D eigenvalue weighted by molar-refractivity contribution is -0.138. The number of alkyl halides is 3. The van der Waals surface area contributed by atoms with E-state index in [1.165, 1.54) is 19.1 Å². The number of benzene rings is 1. The molecule has 122 valence electrons. The minimum Gasteiger partial charge on any atom is -0.395 e. The molecule has 7 heteroatoms. The van der Waals surface area contributed by atoms with Gasteiger partial charge in [-0.1, -0.05) is 12.1 Å². The van der Waals surface area contributed by atoms with Crippen LogP contribution >= 0.6 is 0 Å². The number of hydrogen-bond donors (Lipinski definition) is 1.